The molecule has 1 aromatic carbocycles. The molecule has 0 unspecified atom stereocenters. The van der Waals surface area contributed by atoms with Crippen molar-refractivity contribution < 1.29 is 4.39 Å². The molecule has 0 amide bonds. The van der Waals surface area contributed by atoms with Gasteiger partial charge in [-0.05, 0) is 35.7 Å². The molecule has 2 N–H and O–H groups in total. The van der Waals surface area contributed by atoms with Crippen LogP contribution in [0.1, 0.15) is 25.0 Å². The number of nitrogens with one attached hydrogen (secondary N) is 2. The van der Waals surface area contributed by atoms with Gasteiger partial charge in [-0.2, -0.15) is 0 Å². The summed E-state index contributed by atoms with van der Waals surface area (Å²) in [5.74, 6) is 0.530. The maximum atomic E-state index is 13.4. The zero-order valence-corrected chi connectivity index (χ0v) is 14.5. The lowest BCUT2D eigenvalue weighted by Crippen LogP contribution is -2.44. The topological polar surface area (TPSA) is 49.3 Å². The highest BCUT2D eigenvalue weighted by Crippen LogP contribution is 2.22. The predicted molar refractivity (Wildman–Crippen MR) is 96.7 cm³/mol. The first-order valence-corrected chi connectivity index (χ1v) is 8.11. The number of aliphatic imine (C=N–C) groups is 1. The third kappa shape index (κ3) is 5.33. The number of halogens is 1. The van der Waals surface area contributed by atoms with Gasteiger partial charge in [0.05, 0.1) is 0 Å². The molecule has 24 heavy (non-hydrogen) atoms. The molecule has 2 aromatic rings. The van der Waals surface area contributed by atoms with Crippen molar-refractivity contribution in [3.63, 3.8) is 0 Å². The lowest BCUT2D eigenvalue weighted by atomic mass is 9.84. The number of nitrogens with zero attached hydrogens (tertiary/aromatic N) is 2. The molecule has 0 aliphatic heterocycles. The highest BCUT2D eigenvalue weighted by molar-refractivity contribution is 5.79. The van der Waals surface area contributed by atoms with Crippen molar-refractivity contribution in [2.45, 2.75) is 25.7 Å². The van der Waals surface area contributed by atoms with E-state index in [-0.39, 0.29) is 11.2 Å². The summed E-state index contributed by atoms with van der Waals surface area (Å²) in [5, 5.41) is 6.61. The molecule has 0 saturated carbocycles. The lowest BCUT2D eigenvalue weighted by Gasteiger charge is -2.26. The number of benzene rings is 1. The van der Waals surface area contributed by atoms with Gasteiger partial charge >= 0.3 is 0 Å². The third-order valence-corrected chi connectivity index (χ3v) is 3.96. The van der Waals surface area contributed by atoms with E-state index < -0.39 is 0 Å². The van der Waals surface area contributed by atoms with Crippen LogP contribution in [0, 0.1) is 5.82 Å². The Morgan fingerprint density at radius 2 is 2.04 bits per heavy atom. The molecule has 1 heterocycles. The van der Waals surface area contributed by atoms with Gasteiger partial charge in [-0.15, -0.1) is 0 Å². The van der Waals surface area contributed by atoms with Crippen LogP contribution in [0.15, 0.2) is 53.8 Å². The average Bonchev–Trinajstić information content (AvgIpc) is 2.59. The van der Waals surface area contributed by atoms with Crippen LogP contribution in [0.5, 0.6) is 0 Å². The van der Waals surface area contributed by atoms with Crippen molar-refractivity contribution >= 4 is 5.96 Å². The van der Waals surface area contributed by atoms with Crippen molar-refractivity contribution in [1.29, 1.82) is 0 Å². The summed E-state index contributed by atoms with van der Waals surface area (Å²) in [6.07, 6.45) is 4.51. The second-order valence-electron chi connectivity index (χ2n) is 6.36. The highest BCUT2D eigenvalue weighted by atomic mass is 19.1. The first-order valence-electron chi connectivity index (χ1n) is 8.11. The minimum absolute atomic E-state index is 0.205. The van der Waals surface area contributed by atoms with Gasteiger partial charge in [0.15, 0.2) is 5.96 Å². The molecule has 0 atom stereocenters. The van der Waals surface area contributed by atoms with Crippen LogP contribution in [-0.4, -0.2) is 31.1 Å². The van der Waals surface area contributed by atoms with Crippen LogP contribution in [0.4, 0.5) is 4.39 Å². The molecule has 0 aliphatic carbocycles. The number of pyridine rings is 1. The first kappa shape index (κ1) is 17.9. The summed E-state index contributed by atoms with van der Waals surface area (Å²) in [7, 11) is 1.74. The van der Waals surface area contributed by atoms with Gasteiger partial charge in [0, 0.05) is 37.9 Å². The summed E-state index contributed by atoms with van der Waals surface area (Å²) in [6.45, 7) is 5.59. The van der Waals surface area contributed by atoms with Gasteiger partial charge < -0.3 is 10.6 Å². The summed E-state index contributed by atoms with van der Waals surface area (Å²) in [5.41, 5.74) is 1.93. The van der Waals surface area contributed by atoms with Crippen LogP contribution in [0.3, 0.4) is 0 Å². The number of hydrogen-bond donors (Lipinski definition) is 2. The largest absolute Gasteiger partial charge is 0.356 e. The zero-order chi connectivity index (χ0) is 17.4. The quantitative estimate of drug-likeness (QED) is 0.633. The fraction of sp³-hybridized carbons (Fsp3) is 0.368. The lowest BCUT2D eigenvalue weighted by molar-refractivity contribution is 0.503. The fourth-order valence-electron chi connectivity index (χ4n) is 2.41. The molecule has 4 nitrogen and oxygen atoms in total. The van der Waals surface area contributed by atoms with E-state index in [1.807, 2.05) is 18.3 Å². The zero-order valence-electron chi connectivity index (χ0n) is 14.5. The number of guanidine groups is 1. The molecule has 0 saturated heterocycles. The molecule has 0 radical (unpaired) electrons. The summed E-state index contributed by atoms with van der Waals surface area (Å²) in [6, 6.07) is 10.7. The summed E-state index contributed by atoms with van der Waals surface area (Å²) < 4.78 is 13.4. The van der Waals surface area contributed by atoms with E-state index in [4.69, 9.17) is 0 Å². The van der Waals surface area contributed by atoms with Crippen molar-refractivity contribution in [2.24, 2.45) is 4.99 Å². The standard InChI is InChI=1S/C19H25FN4/c1-19(2,16-7-4-8-17(20)12-16)14-24-18(21-3)23-11-9-15-6-5-10-22-13-15/h4-8,10,12-13H,9,11,14H2,1-3H3,(H2,21,23,24). The predicted octanol–water partition coefficient (Wildman–Crippen LogP) is 2.91. The Bertz CT molecular complexity index is 668. The second-order valence-corrected chi connectivity index (χ2v) is 6.36. The Hall–Kier alpha value is -2.43. The Labute approximate surface area is 143 Å². The van der Waals surface area contributed by atoms with Gasteiger partial charge in [0.2, 0.25) is 0 Å². The van der Waals surface area contributed by atoms with E-state index in [9.17, 15) is 4.39 Å². The molecule has 0 fully saturated rings. The summed E-state index contributed by atoms with van der Waals surface area (Å²) >= 11 is 0. The average molecular weight is 328 g/mol. The van der Waals surface area contributed by atoms with Crippen LogP contribution in [-0.2, 0) is 11.8 Å². The monoisotopic (exact) mass is 328 g/mol. The van der Waals surface area contributed by atoms with Crippen molar-refractivity contribution in [3.8, 4) is 0 Å². The molecule has 5 heteroatoms. The molecule has 2 rings (SSSR count). The third-order valence-electron chi connectivity index (χ3n) is 3.96. The molecule has 0 spiro atoms. The minimum Gasteiger partial charge on any atom is -0.356 e. The Morgan fingerprint density at radius 1 is 1.21 bits per heavy atom. The van der Waals surface area contributed by atoms with E-state index >= 15 is 0 Å². The first-order chi connectivity index (χ1) is 11.5. The molecule has 1 aromatic heterocycles. The van der Waals surface area contributed by atoms with Gasteiger partial charge in [-0.3, -0.25) is 9.98 Å². The van der Waals surface area contributed by atoms with Gasteiger partial charge in [-0.1, -0.05) is 32.0 Å². The van der Waals surface area contributed by atoms with Gasteiger partial charge in [0.25, 0.3) is 0 Å². The SMILES string of the molecule is CN=C(NCCc1cccnc1)NCC(C)(C)c1cccc(F)c1. The van der Waals surface area contributed by atoms with E-state index in [2.05, 4.69) is 40.5 Å². The van der Waals surface area contributed by atoms with Gasteiger partial charge in [-0.25, -0.2) is 4.39 Å². The molecule has 0 aliphatic rings. The van der Waals surface area contributed by atoms with Crippen LogP contribution >= 0.6 is 0 Å². The maximum Gasteiger partial charge on any atom is 0.191 e. The van der Waals surface area contributed by atoms with E-state index in [0.717, 1.165) is 24.5 Å². The van der Waals surface area contributed by atoms with E-state index in [0.29, 0.717) is 6.54 Å². The van der Waals surface area contributed by atoms with Crippen LogP contribution < -0.4 is 10.6 Å². The van der Waals surface area contributed by atoms with E-state index in [1.54, 1.807) is 25.4 Å². The van der Waals surface area contributed by atoms with Crippen LogP contribution in [0.2, 0.25) is 0 Å². The number of rotatable bonds is 6. The van der Waals surface area contributed by atoms with E-state index in [1.165, 1.54) is 11.6 Å². The fourth-order valence-corrected chi connectivity index (χ4v) is 2.41. The van der Waals surface area contributed by atoms with Crippen LogP contribution in [0.25, 0.3) is 0 Å². The molecular formula is C19H25FN4. The number of hydrogen-bond acceptors (Lipinski definition) is 2. The van der Waals surface area contributed by atoms with Crippen molar-refractivity contribution in [2.75, 3.05) is 20.1 Å². The number of aromatic nitrogens is 1. The van der Waals surface area contributed by atoms with Gasteiger partial charge in [0.1, 0.15) is 5.82 Å². The Balaban J connectivity index is 1.84. The maximum absolute atomic E-state index is 13.4. The van der Waals surface area contributed by atoms with Crippen molar-refractivity contribution in [1.82, 2.24) is 15.6 Å². The Morgan fingerprint density at radius 3 is 2.71 bits per heavy atom. The highest BCUT2D eigenvalue weighted by Gasteiger charge is 2.21. The Kier molecular flexibility index (Phi) is 6.29. The smallest absolute Gasteiger partial charge is 0.191 e. The minimum atomic E-state index is -0.209. The molecule has 0 bridgehead atoms. The van der Waals surface area contributed by atoms with Crippen molar-refractivity contribution in [3.05, 3.63) is 65.7 Å². The summed E-state index contributed by atoms with van der Waals surface area (Å²) in [4.78, 5) is 8.35. The molecular weight excluding hydrogens is 303 g/mol. The molecule has 128 valence electrons. The second kappa shape index (κ2) is 8.43. The normalized spacial score (nSPS) is 12.1.